The Morgan fingerprint density at radius 2 is 1.85 bits per heavy atom. The van der Waals surface area contributed by atoms with Gasteiger partial charge in [-0.2, -0.15) is 0 Å². The van der Waals surface area contributed by atoms with Gasteiger partial charge in [-0.05, 0) is 23.8 Å². The van der Waals surface area contributed by atoms with E-state index in [0.29, 0.717) is 0 Å². The number of hydrogen-bond donors (Lipinski definition) is 3. The Morgan fingerprint density at radius 3 is 2.55 bits per heavy atom. The van der Waals surface area contributed by atoms with Gasteiger partial charge in [0.15, 0.2) is 0 Å². The van der Waals surface area contributed by atoms with Crippen LogP contribution in [0.5, 0.6) is 0 Å². The van der Waals surface area contributed by atoms with Crippen LogP contribution in [0.3, 0.4) is 0 Å². The van der Waals surface area contributed by atoms with Crippen LogP contribution in [-0.4, -0.2) is 6.17 Å². The van der Waals surface area contributed by atoms with Gasteiger partial charge in [0, 0.05) is 27.8 Å². The third kappa shape index (κ3) is 1.84. The summed E-state index contributed by atoms with van der Waals surface area (Å²) >= 11 is 0. The highest BCUT2D eigenvalue weighted by Gasteiger charge is 2.20. The van der Waals surface area contributed by atoms with E-state index in [9.17, 15) is 0 Å². The molecule has 3 rings (SSSR count). The lowest BCUT2D eigenvalue weighted by molar-refractivity contribution is 0.963. The fourth-order valence-corrected chi connectivity index (χ4v) is 2.60. The number of allylic oxidation sites excluding steroid dienone is 2. The van der Waals surface area contributed by atoms with Gasteiger partial charge in [0.1, 0.15) is 6.17 Å². The van der Waals surface area contributed by atoms with E-state index in [1.165, 1.54) is 0 Å². The van der Waals surface area contributed by atoms with Crippen molar-refractivity contribution >= 4 is 27.8 Å². The third-order valence-electron chi connectivity index (χ3n) is 3.55. The molecule has 0 saturated heterocycles. The molecule has 4 N–H and O–H groups in total. The van der Waals surface area contributed by atoms with Crippen molar-refractivity contribution in [2.75, 3.05) is 16.4 Å². The van der Waals surface area contributed by atoms with Crippen LogP contribution in [0, 0.1) is 0 Å². The Kier molecular flexibility index (Phi) is 2.95. The molecule has 3 nitrogen and oxygen atoms in total. The van der Waals surface area contributed by atoms with Crippen LogP contribution in [-0.2, 0) is 0 Å². The normalized spacial score (nSPS) is 17.2. The van der Waals surface area contributed by atoms with Crippen LogP contribution in [0.25, 0.3) is 10.8 Å². The number of hydrogen-bond acceptors (Lipinski definition) is 3. The van der Waals surface area contributed by atoms with E-state index in [4.69, 9.17) is 5.73 Å². The molecule has 1 aliphatic heterocycles. The number of benzene rings is 2. The quantitative estimate of drug-likeness (QED) is 0.581. The second-order valence-corrected chi connectivity index (χ2v) is 4.76. The number of rotatable bonds is 3. The van der Waals surface area contributed by atoms with Crippen molar-refractivity contribution in [3.8, 4) is 0 Å². The Labute approximate surface area is 118 Å². The minimum absolute atomic E-state index is 0.0211. The summed E-state index contributed by atoms with van der Waals surface area (Å²) in [5.74, 6) is 0. The summed E-state index contributed by atoms with van der Waals surface area (Å²) in [4.78, 5) is 0. The molecule has 1 unspecified atom stereocenters. The zero-order valence-electron chi connectivity index (χ0n) is 11.2. The molecule has 1 heterocycles. The average Bonchev–Trinajstić information content (AvgIpc) is 2.48. The van der Waals surface area contributed by atoms with Crippen molar-refractivity contribution in [3.05, 3.63) is 67.3 Å². The summed E-state index contributed by atoms with van der Waals surface area (Å²) in [5.41, 5.74) is 10.0. The molecule has 3 heteroatoms. The largest absolute Gasteiger partial charge is 0.398 e. The predicted octanol–water partition coefficient (Wildman–Crippen LogP) is 3.88. The molecule has 1 atom stereocenters. The molecule has 0 radical (unpaired) electrons. The van der Waals surface area contributed by atoms with E-state index in [0.717, 1.165) is 33.4 Å². The molecule has 0 amide bonds. The number of anilines is 3. The molecular weight excluding hydrogens is 246 g/mol. The Bertz CT molecular complexity index is 716. The average molecular weight is 263 g/mol. The summed E-state index contributed by atoms with van der Waals surface area (Å²) in [6, 6.07) is 10.1. The summed E-state index contributed by atoms with van der Waals surface area (Å²) < 4.78 is 0. The van der Waals surface area contributed by atoms with Crippen LogP contribution in [0.2, 0.25) is 0 Å². The molecule has 2 aromatic rings. The predicted molar refractivity (Wildman–Crippen MR) is 87.9 cm³/mol. The van der Waals surface area contributed by atoms with E-state index >= 15 is 0 Å². The van der Waals surface area contributed by atoms with Gasteiger partial charge in [-0.3, -0.25) is 0 Å². The standard InChI is InChI=1S/C17H17N3/c1-3-6-11(4-2)17-19-14-8-5-7-12-13(18)9-10-15(20-17)16(12)14/h3-10,17,19-20H,1-2,18H2/b11-6+. The van der Waals surface area contributed by atoms with Crippen molar-refractivity contribution < 1.29 is 0 Å². The van der Waals surface area contributed by atoms with Crippen LogP contribution in [0.15, 0.2) is 67.3 Å². The minimum Gasteiger partial charge on any atom is -0.398 e. The summed E-state index contributed by atoms with van der Waals surface area (Å²) in [7, 11) is 0. The van der Waals surface area contributed by atoms with Crippen LogP contribution < -0.4 is 16.4 Å². The summed E-state index contributed by atoms with van der Waals surface area (Å²) in [6.07, 6.45) is 5.51. The van der Waals surface area contributed by atoms with Crippen molar-refractivity contribution in [1.29, 1.82) is 0 Å². The highest BCUT2D eigenvalue weighted by Crippen LogP contribution is 2.38. The molecule has 0 aromatic heterocycles. The summed E-state index contributed by atoms with van der Waals surface area (Å²) in [6.45, 7) is 7.60. The number of nitrogens with one attached hydrogen (secondary N) is 2. The molecule has 100 valence electrons. The lowest BCUT2D eigenvalue weighted by atomic mass is 10.0. The fraction of sp³-hybridized carbons (Fsp3) is 0.0588. The molecule has 0 saturated carbocycles. The molecule has 20 heavy (non-hydrogen) atoms. The van der Waals surface area contributed by atoms with Crippen LogP contribution >= 0.6 is 0 Å². The van der Waals surface area contributed by atoms with Crippen LogP contribution in [0.1, 0.15) is 0 Å². The summed E-state index contributed by atoms with van der Waals surface area (Å²) in [5, 5.41) is 9.13. The Balaban J connectivity index is 2.13. The topological polar surface area (TPSA) is 50.1 Å². The second-order valence-electron chi connectivity index (χ2n) is 4.76. The van der Waals surface area contributed by atoms with Crippen molar-refractivity contribution in [2.24, 2.45) is 0 Å². The van der Waals surface area contributed by atoms with E-state index in [1.807, 2.05) is 36.4 Å². The van der Waals surface area contributed by atoms with Gasteiger partial charge in [0.2, 0.25) is 0 Å². The molecule has 0 bridgehead atoms. The lowest BCUT2D eigenvalue weighted by Gasteiger charge is -2.30. The van der Waals surface area contributed by atoms with E-state index in [2.05, 4.69) is 29.9 Å². The molecular formula is C17H17N3. The first-order valence-electron chi connectivity index (χ1n) is 6.54. The van der Waals surface area contributed by atoms with Crippen molar-refractivity contribution in [2.45, 2.75) is 6.17 Å². The molecule has 0 aliphatic carbocycles. The highest BCUT2D eigenvalue weighted by molar-refractivity contribution is 6.09. The third-order valence-corrected chi connectivity index (χ3v) is 3.55. The highest BCUT2D eigenvalue weighted by atomic mass is 15.1. The fourth-order valence-electron chi connectivity index (χ4n) is 2.60. The Hall–Kier alpha value is -2.68. The van der Waals surface area contributed by atoms with Crippen LogP contribution in [0.4, 0.5) is 17.1 Å². The van der Waals surface area contributed by atoms with Gasteiger partial charge in [-0.15, -0.1) is 0 Å². The van der Waals surface area contributed by atoms with Crippen molar-refractivity contribution in [3.63, 3.8) is 0 Å². The van der Waals surface area contributed by atoms with E-state index in [1.54, 1.807) is 6.08 Å². The second kappa shape index (κ2) is 4.78. The lowest BCUT2D eigenvalue weighted by Crippen LogP contribution is -2.33. The van der Waals surface area contributed by atoms with Gasteiger partial charge in [-0.1, -0.05) is 43.5 Å². The van der Waals surface area contributed by atoms with Crippen molar-refractivity contribution in [1.82, 2.24) is 0 Å². The minimum atomic E-state index is -0.0211. The molecule has 1 aliphatic rings. The first kappa shape index (κ1) is 12.4. The zero-order valence-corrected chi connectivity index (χ0v) is 11.2. The molecule has 0 spiro atoms. The first-order chi connectivity index (χ1) is 9.74. The SMILES string of the molecule is C=C/C=C(\C=C)C1Nc2cccc3c(N)ccc(c23)N1. The monoisotopic (exact) mass is 263 g/mol. The zero-order chi connectivity index (χ0) is 14.1. The maximum Gasteiger partial charge on any atom is 0.123 e. The van der Waals surface area contributed by atoms with E-state index < -0.39 is 0 Å². The smallest absolute Gasteiger partial charge is 0.123 e. The number of nitrogens with two attached hydrogens (primary N) is 1. The number of nitrogen functional groups attached to an aromatic ring is 1. The van der Waals surface area contributed by atoms with E-state index in [-0.39, 0.29) is 6.17 Å². The van der Waals surface area contributed by atoms with Gasteiger partial charge in [0.05, 0.1) is 0 Å². The molecule has 0 fully saturated rings. The molecule has 2 aromatic carbocycles. The van der Waals surface area contributed by atoms with Gasteiger partial charge in [0.25, 0.3) is 0 Å². The van der Waals surface area contributed by atoms with Gasteiger partial charge in [-0.25, -0.2) is 0 Å². The maximum absolute atomic E-state index is 6.04. The maximum atomic E-state index is 6.04. The van der Waals surface area contributed by atoms with Gasteiger partial charge < -0.3 is 16.4 Å². The first-order valence-corrected chi connectivity index (χ1v) is 6.54. The van der Waals surface area contributed by atoms with Gasteiger partial charge >= 0.3 is 0 Å². The Morgan fingerprint density at radius 1 is 1.10 bits per heavy atom.